The number of ether oxygens (including phenoxy) is 1. The third-order valence-electron chi connectivity index (χ3n) is 2.58. The van der Waals surface area contributed by atoms with Gasteiger partial charge in [-0.15, -0.1) is 0 Å². The molecule has 0 amide bonds. The van der Waals surface area contributed by atoms with Crippen molar-refractivity contribution in [2.75, 3.05) is 11.3 Å². The number of benzene rings is 2. The molecule has 0 unspecified atom stereocenters. The Bertz CT molecular complexity index is 730. The van der Waals surface area contributed by atoms with Crippen molar-refractivity contribution in [1.82, 2.24) is 0 Å². The molecule has 0 saturated heterocycles. The van der Waals surface area contributed by atoms with Gasteiger partial charge in [-0.2, -0.15) is 13.2 Å². The van der Waals surface area contributed by atoms with E-state index in [1.165, 1.54) is 36.4 Å². The number of anilines is 1. The minimum absolute atomic E-state index is 0.000578. The molecule has 0 aliphatic carbocycles. The number of sulfonamides is 1. The van der Waals surface area contributed by atoms with Crippen LogP contribution >= 0.6 is 0 Å². The molecule has 22 heavy (non-hydrogen) atoms. The summed E-state index contributed by atoms with van der Waals surface area (Å²) in [4.78, 5) is 0.000578. The summed E-state index contributed by atoms with van der Waals surface area (Å²) in [6, 6.07) is 13.0. The third kappa shape index (κ3) is 4.39. The van der Waals surface area contributed by atoms with Gasteiger partial charge in [0.2, 0.25) is 0 Å². The van der Waals surface area contributed by atoms with Crippen molar-refractivity contribution in [1.29, 1.82) is 0 Å². The highest BCUT2D eigenvalue weighted by molar-refractivity contribution is 7.92. The summed E-state index contributed by atoms with van der Waals surface area (Å²) in [6.45, 7) is -1.50. The van der Waals surface area contributed by atoms with E-state index in [1.54, 1.807) is 18.2 Å². The summed E-state index contributed by atoms with van der Waals surface area (Å²) < 4.78 is 67.8. The Balaban J connectivity index is 2.23. The van der Waals surface area contributed by atoms with Gasteiger partial charge in [0.15, 0.2) is 6.61 Å². The van der Waals surface area contributed by atoms with Crippen LogP contribution < -0.4 is 9.46 Å². The van der Waals surface area contributed by atoms with Crippen molar-refractivity contribution in [2.45, 2.75) is 11.1 Å². The molecule has 0 aromatic heterocycles. The van der Waals surface area contributed by atoms with Crippen molar-refractivity contribution >= 4 is 15.7 Å². The van der Waals surface area contributed by atoms with Crippen molar-refractivity contribution in [3.63, 3.8) is 0 Å². The van der Waals surface area contributed by atoms with Crippen LogP contribution in [-0.2, 0) is 10.0 Å². The van der Waals surface area contributed by atoms with E-state index in [1.807, 2.05) is 0 Å². The Morgan fingerprint density at radius 3 is 2.18 bits per heavy atom. The lowest BCUT2D eigenvalue weighted by Crippen LogP contribution is -2.20. The number of para-hydroxylation sites is 2. The van der Waals surface area contributed by atoms with Gasteiger partial charge in [-0.3, -0.25) is 4.72 Å². The maximum Gasteiger partial charge on any atom is 0.422 e. The molecule has 0 atom stereocenters. The third-order valence-corrected chi connectivity index (χ3v) is 3.96. The van der Waals surface area contributed by atoms with E-state index in [0.717, 1.165) is 0 Å². The topological polar surface area (TPSA) is 55.4 Å². The number of rotatable bonds is 5. The van der Waals surface area contributed by atoms with Gasteiger partial charge in [-0.05, 0) is 24.3 Å². The second-order valence-corrected chi connectivity index (χ2v) is 6.00. The van der Waals surface area contributed by atoms with Crippen LogP contribution in [0.4, 0.5) is 18.9 Å². The molecular weight excluding hydrogens is 319 g/mol. The minimum atomic E-state index is -4.51. The van der Waals surface area contributed by atoms with E-state index in [2.05, 4.69) is 9.46 Å². The zero-order valence-electron chi connectivity index (χ0n) is 11.2. The van der Waals surface area contributed by atoms with Crippen LogP contribution in [0.5, 0.6) is 5.75 Å². The number of nitrogens with one attached hydrogen (secondary N) is 1. The van der Waals surface area contributed by atoms with Gasteiger partial charge in [-0.25, -0.2) is 8.42 Å². The molecule has 2 rings (SSSR count). The van der Waals surface area contributed by atoms with Crippen molar-refractivity contribution in [3.8, 4) is 5.75 Å². The number of hydrogen-bond acceptors (Lipinski definition) is 3. The fraction of sp³-hybridized carbons (Fsp3) is 0.143. The van der Waals surface area contributed by atoms with E-state index < -0.39 is 22.8 Å². The molecule has 2 aromatic rings. The summed E-state index contributed by atoms with van der Waals surface area (Å²) in [6.07, 6.45) is -4.51. The van der Waals surface area contributed by atoms with Gasteiger partial charge >= 0.3 is 6.18 Å². The first kappa shape index (κ1) is 16.2. The molecule has 0 spiro atoms. The Morgan fingerprint density at radius 2 is 1.55 bits per heavy atom. The standard InChI is InChI=1S/C14H12F3NO3S/c15-14(16,17)10-21-13-9-5-4-8-12(13)18-22(19,20)11-6-2-1-3-7-11/h1-9,18H,10H2. The Morgan fingerprint density at radius 1 is 0.955 bits per heavy atom. The fourth-order valence-corrected chi connectivity index (χ4v) is 2.73. The molecule has 0 saturated carbocycles. The number of hydrogen-bond donors (Lipinski definition) is 1. The lowest BCUT2D eigenvalue weighted by Gasteiger charge is -2.14. The first-order valence-corrected chi connectivity index (χ1v) is 7.63. The Hall–Kier alpha value is -2.22. The quantitative estimate of drug-likeness (QED) is 0.913. The van der Waals surface area contributed by atoms with Crippen LogP contribution in [0.25, 0.3) is 0 Å². The van der Waals surface area contributed by atoms with Crippen molar-refractivity contribution < 1.29 is 26.3 Å². The summed E-state index contributed by atoms with van der Waals surface area (Å²) in [5.74, 6) is -0.195. The largest absolute Gasteiger partial charge is 0.482 e. The highest BCUT2D eigenvalue weighted by Crippen LogP contribution is 2.28. The monoisotopic (exact) mass is 331 g/mol. The normalized spacial score (nSPS) is 12.0. The molecule has 0 aliphatic heterocycles. The van der Waals surface area contributed by atoms with E-state index in [4.69, 9.17) is 0 Å². The Kier molecular flexibility index (Phi) is 4.60. The SMILES string of the molecule is O=S(=O)(Nc1ccccc1OCC(F)(F)F)c1ccccc1. The van der Waals surface area contributed by atoms with Crippen LogP contribution in [0.15, 0.2) is 59.5 Å². The summed E-state index contributed by atoms with van der Waals surface area (Å²) in [5, 5.41) is 0. The molecule has 118 valence electrons. The second kappa shape index (κ2) is 6.27. The summed E-state index contributed by atoms with van der Waals surface area (Å²) >= 11 is 0. The van der Waals surface area contributed by atoms with Crippen molar-refractivity contribution in [2.24, 2.45) is 0 Å². The molecule has 0 fully saturated rings. The fourth-order valence-electron chi connectivity index (χ4n) is 1.64. The predicted octanol–water partition coefficient (Wildman–Crippen LogP) is 3.43. The van der Waals surface area contributed by atoms with Gasteiger partial charge in [0.1, 0.15) is 5.75 Å². The Labute approximate surface area is 125 Å². The van der Waals surface area contributed by atoms with Crippen molar-refractivity contribution in [3.05, 3.63) is 54.6 Å². The molecule has 4 nitrogen and oxygen atoms in total. The summed E-state index contributed by atoms with van der Waals surface area (Å²) in [5.41, 5.74) is -0.0596. The summed E-state index contributed by atoms with van der Waals surface area (Å²) in [7, 11) is -3.90. The lowest BCUT2D eigenvalue weighted by atomic mass is 10.3. The molecule has 0 heterocycles. The molecule has 0 bridgehead atoms. The molecular formula is C14H12F3NO3S. The zero-order chi connectivity index (χ0) is 16.2. The van der Waals surface area contributed by atoms with Crippen LogP contribution in [-0.4, -0.2) is 21.2 Å². The average molecular weight is 331 g/mol. The average Bonchev–Trinajstić information content (AvgIpc) is 2.46. The highest BCUT2D eigenvalue weighted by atomic mass is 32.2. The first-order chi connectivity index (χ1) is 10.3. The van der Waals surface area contributed by atoms with Gasteiger partial charge in [-0.1, -0.05) is 30.3 Å². The number of alkyl halides is 3. The maximum atomic E-state index is 12.2. The van der Waals surface area contributed by atoms with Crippen LogP contribution in [0.1, 0.15) is 0 Å². The minimum Gasteiger partial charge on any atom is -0.482 e. The van der Waals surface area contributed by atoms with Gasteiger partial charge in [0.25, 0.3) is 10.0 Å². The van der Waals surface area contributed by atoms with E-state index in [-0.39, 0.29) is 16.3 Å². The lowest BCUT2D eigenvalue weighted by molar-refractivity contribution is -0.153. The van der Waals surface area contributed by atoms with Crippen LogP contribution in [0, 0.1) is 0 Å². The van der Waals surface area contributed by atoms with Gasteiger partial charge in [0.05, 0.1) is 10.6 Å². The molecule has 1 N–H and O–H groups in total. The molecule has 0 radical (unpaired) electrons. The van der Waals surface area contributed by atoms with Gasteiger partial charge in [0, 0.05) is 0 Å². The zero-order valence-corrected chi connectivity index (χ0v) is 12.0. The second-order valence-electron chi connectivity index (χ2n) is 4.32. The van der Waals surface area contributed by atoms with E-state index >= 15 is 0 Å². The molecule has 0 aliphatic rings. The maximum absolute atomic E-state index is 12.2. The highest BCUT2D eigenvalue weighted by Gasteiger charge is 2.29. The van der Waals surface area contributed by atoms with Gasteiger partial charge < -0.3 is 4.74 Å². The van der Waals surface area contributed by atoms with Crippen LogP contribution in [0.2, 0.25) is 0 Å². The van der Waals surface area contributed by atoms with E-state index in [9.17, 15) is 21.6 Å². The molecule has 8 heteroatoms. The first-order valence-electron chi connectivity index (χ1n) is 6.14. The number of halogens is 3. The smallest absolute Gasteiger partial charge is 0.422 e. The predicted molar refractivity (Wildman–Crippen MR) is 75.2 cm³/mol. The van der Waals surface area contributed by atoms with Crippen LogP contribution in [0.3, 0.4) is 0 Å². The van der Waals surface area contributed by atoms with E-state index in [0.29, 0.717) is 0 Å². The molecule has 2 aromatic carbocycles.